The molecule has 2 aliphatic heterocycles. The van der Waals surface area contributed by atoms with E-state index >= 15 is 0 Å². The fourth-order valence-electron chi connectivity index (χ4n) is 3.70. The Kier molecular flexibility index (Phi) is 5.96. The van der Waals surface area contributed by atoms with E-state index in [1.807, 2.05) is 31.2 Å². The first-order valence-electron chi connectivity index (χ1n) is 10.3. The van der Waals surface area contributed by atoms with Crippen LogP contribution in [0.1, 0.15) is 35.3 Å². The third kappa shape index (κ3) is 4.76. The average Bonchev–Trinajstić information content (AvgIpc) is 3.40. The number of carbonyl (C=O) groups excluding carboxylic acids is 2. The van der Waals surface area contributed by atoms with Crippen molar-refractivity contribution in [3.8, 4) is 0 Å². The summed E-state index contributed by atoms with van der Waals surface area (Å²) in [6.07, 6.45) is -3.92. The normalized spacial score (nSPS) is 19.4. The highest BCUT2D eigenvalue weighted by Gasteiger charge is 2.40. The molecular formula is C22H22F3N5O3. The van der Waals surface area contributed by atoms with Crippen molar-refractivity contribution in [2.24, 2.45) is 5.10 Å². The summed E-state index contributed by atoms with van der Waals surface area (Å²) in [5, 5.41) is 8.41. The van der Waals surface area contributed by atoms with Crippen LogP contribution in [0.4, 0.5) is 22.8 Å². The molecule has 2 aliphatic rings. The third-order valence-corrected chi connectivity index (χ3v) is 5.56. The standard InChI is InChI=1S/C22H22F3N5O3/c1-13-3-5-15(6-4-13)19-17(29-9-10-33-21(29)32)12-30(28-19)20(31)27-14(2)16-7-8-18(26-11-16)22(23,24)25/h3-8,11,14,17H,9-10,12H2,1-2H3,(H,27,31)/t14-,17?/m1/s1. The Labute approximate surface area is 188 Å². The quantitative estimate of drug-likeness (QED) is 0.752. The van der Waals surface area contributed by atoms with Crippen LogP contribution in [0.25, 0.3) is 0 Å². The molecule has 2 aromatic rings. The van der Waals surface area contributed by atoms with E-state index in [-0.39, 0.29) is 13.2 Å². The maximum Gasteiger partial charge on any atom is 0.433 e. The van der Waals surface area contributed by atoms with Gasteiger partial charge in [0, 0.05) is 6.20 Å². The molecule has 1 unspecified atom stereocenters. The van der Waals surface area contributed by atoms with Gasteiger partial charge in [-0.25, -0.2) is 14.6 Å². The predicted octanol–water partition coefficient (Wildman–Crippen LogP) is 3.72. The Bertz CT molecular complexity index is 1070. The number of hydrazone groups is 1. The van der Waals surface area contributed by atoms with Gasteiger partial charge in [-0.05, 0) is 31.0 Å². The monoisotopic (exact) mass is 461 g/mol. The second kappa shape index (κ2) is 8.72. The summed E-state index contributed by atoms with van der Waals surface area (Å²) < 4.78 is 43.3. The van der Waals surface area contributed by atoms with Crippen molar-refractivity contribution >= 4 is 17.8 Å². The number of aryl methyl sites for hydroxylation is 1. The predicted molar refractivity (Wildman–Crippen MR) is 112 cm³/mol. The molecule has 1 N–H and O–H groups in total. The number of carbonyl (C=O) groups is 2. The number of hydrogen-bond donors (Lipinski definition) is 1. The van der Waals surface area contributed by atoms with Crippen molar-refractivity contribution in [3.63, 3.8) is 0 Å². The van der Waals surface area contributed by atoms with E-state index in [0.717, 1.165) is 23.4 Å². The van der Waals surface area contributed by atoms with Gasteiger partial charge in [0.15, 0.2) is 0 Å². The van der Waals surface area contributed by atoms with Gasteiger partial charge in [0.2, 0.25) is 0 Å². The van der Waals surface area contributed by atoms with Gasteiger partial charge < -0.3 is 10.1 Å². The summed E-state index contributed by atoms with van der Waals surface area (Å²) in [6.45, 7) is 4.37. The highest BCUT2D eigenvalue weighted by molar-refractivity contribution is 6.07. The number of nitrogens with zero attached hydrogens (tertiary/aromatic N) is 4. The number of rotatable bonds is 4. The highest BCUT2D eigenvalue weighted by Crippen LogP contribution is 2.28. The fourth-order valence-corrected chi connectivity index (χ4v) is 3.70. The van der Waals surface area contributed by atoms with E-state index in [1.165, 1.54) is 16.0 Å². The van der Waals surface area contributed by atoms with Gasteiger partial charge in [0.05, 0.1) is 30.9 Å². The minimum Gasteiger partial charge on any atom is -0.448 e. The van der Waals surface area contributed by atoms with Crippen molar-refractivity contribution in [1.82, 2.24) is 20.2 Å². The molecule has 0 saturated carbocycles. The summed E-state index contributed by atoms with van der Waals surface area (Å²) in [7, 11) is 0. The molecule has 2 atom stereocenters. The number of hydrogen-bond acceptors (Lipinski definition) is 5. The number of amides is 3. The first kappa shape index (κ1) is 22.6. The van der Waals surface area contributed by atoms with Gasteiger partial charge >= 0.3 is 18.3 Å². The zero-order chi connectivity index (χ0) is 23.8. The summed E-state index contributed by atoms with van der Waals surface area (Å²) >= 11 is 0. The summed E-state index contributed by atoms with van der Waals surface area (Å²) in [5.74, 6) is 0. The van der Waals surface area contributed by atoms with Crippen LogP contribution in [0.5, 0.6) is 0 Å². The van der Waals surface area contributed by atoms with Gasteiger partial charge in [-0.15, -0.1) is 0 Å². The number of aromatic nitrogens is 1. The maximum absolute atomic E-state index is 12.9. The first-order chi connectivity index (χ1) is 15.6. The van der Waals surface area contributed by atoms with Gasteiger partial charge in [0.25, 0.3) is 0 Å². The van der Waals surface area contributed by atoms with Crippen LogP contribution in [0.15, 0.2) is 47.7 Å². The van der Waals surface area contributed by atoms with E-state index in [1.54, 1.807) is 6.92 Å². The number of halogens is 3. The first-order valence-corrected chi connectivity index (χ1v) is 10.3. The van der Waals surface area contributed by atoms with Gasteiger partial charge in [-0.3, -0.25) is 9.88 Å². The number of pyridine rings is 1. The molecule has 3 amide bonds. The molecular weight excluding hydrogens is 439 g/mol. The van der Waals surface area contributed by atoms with Crippen molar-refractivity contribution in [2.45, 2.75) is 32.1 Å². The van der Waals surface area contributed by atoms with Crippen LogP contribution in [0.3, 0.4) is 0 Å². The maximum atomic E-state index is 12.9. The van der Waals surface area contributed by atoms with Crippen molar-refractivity contribution in [2.75, 3.05) is 19.7 Å². The van der Waals surface area contributed by atoms with Crippen LogP contribution in [0, 0.1) is 6.92 Å². The van der Waals surface area contributed by atoms with Crippen molar-refractivity contribution in [1.29, 1.82) is 0 Å². The van der Waals surface area contributed by atoms with E-state index in [0.29, 0.717) is 17.8 Å². The third-order valence-electron chi connectivity index (χ3n) is 5.56. The molecule has 0 aliphatic carbocycles. The summed E-state index contributed by atoms with van der Waals surface area (Å²) in [5.41, 5.74) is 1.81. The van der Waals surface area contributed by atoms with E-state index in [9.17, 15) is 22.8 Å². The van der Waals surface area contributed by atoms with Crippen LogP contribution in [-0.2, 0) is 10.9 Å². The second-order valence-electron chi connectivity index (χ2n) is 7.90. The van der Waals surface area contributed by atoms with E-state index in [2.05, 4.69) is 15.4 Å². The lowest BCUT2D eigenvalue weighted by Crippen LogP contribution is -2.46. The van der Waals surface area contributed by atoms with Crippen LogP contribution < -0.4 is 5.32 Å². The van der Waals surface area contributed by atoms with Gasteiger partial charge in [-0.1, -0.05) is 35.9 Å². The van der Waals surface area contributed by atoms with E-state index < -0.39 is 36.1 Å². The van der Waals surface area contributed by atoms with Crippen LogP contribution >= 0.6 is 0 Å². The number of ether oxygens (including phenoxy) is 1. The Morgan fingerprint density at radius 1 is 1.21 bits per heavy atom. The molecule has 1 aromatic heterocycles. The Morgan fingerprint density at radius 2 is 1.94 bits per heavy atom. The molecule has 1 saturated heterocycles. The SMILES string of the molecule is Cc1ccc(C2=NN(C(=O)N[C@H](C)c3ccc(C(F)(F)F)nc3)CC2N2CCOC2=O)cc1. The molecule has 174 valence electrons. The number of urea groups is 1. The molecule has 4 rings (SSSR count). The lowest BCUT2D eigenvalue weighted by Gasteiger charge is -2.23. The fraction of sp³-hybridized carbons (Fsp3) is 0.364. The van der Waals surface area contributed by atoms with E-state index in [4.69, 9.17) is 4.74 Å². The smallest absolute Gasteiger partial charge is 0.433 e. The molecule has 0 radical (unpaired) electrons. The largest absolute Gasteiger partial charge is 0.448 e. The second-order valence-corrected chi connectivity index (χ2v) is 7.90. The zero-order valence-electron chi connectivity index (χ0n) is 18.0. The number of nitrogens with one attached hydrogen (secondary N) is 1. The average molecular weight is 461 g/mol. The molecule has 1 fully saturated rings. The molecule has 11 heteroatoms. The van der Waals surface area contributed by atoms with Crippen molar-refractivity contribution < 1.29 is 27.5 Å². The van der Waals surface area contributed by atoms with Crippen LogP contribution in [0.2, 0.25) is 0 Å². The lowest BCUT2D eigenvalue weighted by atomic mass is 10.0. The Balaban J connectivity index is 1.52. The van der Waals surface area contributed by atoms with Crippen LogP contribution in [-0.4, -0.2) is 58.5 Å². The molecule has 1 aromatic carbocycles. The molecule has 3 heterocycles. The lowest BCUT2D eigenvalue weighted by molar-refractivity contribution is -0.141. The topological polar surface area (TPSA) is 87.1 Å². The molecule has 0 spiro atoms. The Hall–Kier alpha value is -3.63. The number of alkyl halides is 3. The van der Waals surface area contributed by atoms with Gasteiger partial charge in [-0.2, -0.15) is 18.3 Å². The number of cyclic esters (lactones) is 1. The van der Waals surface area contributed by atoms with Gasteiger partial charge in [0.1, 0.15) is 12.3 Å². The number of benzene rings is 1. The molecule has 8 nitrogen and oxygen atoms in total. The highest BCUT2D eigenvalue weighted by atomic mass is 19.4. The minimum absolute atomic E-state index is 0.127. The van der Waals surface area contributed by atoms with Crippen molar-refractivity contribution in [3.05, 3.63) is 65.0 Å². The minimum atomic E-state index is -4.53. The summed E-state index contributed by atoms with van der Waals surface area (Å²) in [6, 6.07) is 8.10. The molecule has 33 heavy (non-hydrogen) atoms. The molecule has 0 bridgehead atoms. The zero-order valence-corrected chi connectivity index (χ0v) is 18.0. The summed E-state index contributed by atoms with van der Waals surface area (Å²) in [4.78, 5) is 30.0. The Morgan fingerprint density at radius 3 is 2.52 bits per heavy atom.